The lowest BCUT2D eigenvalue weighted by Crippen LogP contribution is -2.26. The number of aromatic nitrogens is 2. The summed E-state index contributed by atoms with van der Waals surface area (Å²) in [6, 6.07) is 1.73. The van der Waals surface area contributed by atoms with Gasteiger partial charge in [0.15, 0.2) is 0 Å². The average molecular weight is 210 g/mol. The smallest absolute Gasteiger partial charge is 0.209 e. The largest absolute Gasteiger partial charge is 0.370 e. The van der Waals surface area contributed by atoms with E-state index >= 15 is 0 Å². The molecular formula is C11H18N2O2. The zero-order valence-electron chi connectivity index (χ0n) is 9.56. The number of carbonyl (C=O) groups is 1. The van der Waals surface area contributed by atoms with E-state index in [2.05, 4.69) is 5.10 Å². The number of carbonyl (C=O) groups excluding carboxylic acids is 1. The van der Waals surface area contributed by atoms with Crippen molar-refractivity contribution in [1.82, 2.24) is 9.78 Å². The van der Waals surface area contributed by atoms with Crippen LogP contribution in [0.3, 0.4) is 0 Å². The molecule has 0 saturated heterocycles. The molecule has 4 heteroatoms. The third kappa shape index (κ3) is 2.89. The van der Waals surface area contributed by atoms with Crippen molar-refractivity contribution in [3.63, 3.8) is 0 Å². The molecule has 0 aliphatic carbocycles. The van der Waals surface area contributed by atoms with Gasteiger partial charge in [0.2, 0.25) is 5.78 Å². The summed E-state index contributed by atoms with van der Waals surface area (Å²) < 4.78 is 7.02. The molecule has 0 saturated carbocycles. The summed E-state index contributed by atoms with van der Waals surface area (Å²) in [5, 5.41) is 3.98. The number of ketones is 1. The topological polar surface area (TPSA) is 44.1 Å². The second kappa shape index (κ2) is 5.66. The molecule has 0 fully saturated rings. The van der Waals surface area contributed by atoms with Crippen molar-refractivity contribution in [2.45, 2.75) is 32.8 Å². The molecule has 0 spiro atoms. The van der Waals surface area contributed by atoms with E-state index in [4.69, 9.17) is 4.74 Å². The fraction of sp³-hybridized carbons (Fsp3) is 0.636. The summed E-state index contributed by atoms with van der Waals surface area (Å²) in [5.41, 5.74) is 0.613. The Labute approximate surface area is 90.2 Å². The maximum Gasteiger partial charge on any atom is 0.209 e. The van der Waals surface area contributed by atoms with Gasteiger partial charge in [-0.1, -0.05) is 13.3 Å². The number of Topliss-reactive ketones (excluding diaryl/α,β-unsaturated/α-hetero) is 1. The number of ether oxygens (including phenoxy) is 1. The number of nitrogens with zero attached hydrogens (tertiary/aromatic N) is 2. The van der Waals surface area contributed by atoms with Crippen molar-refractivity contribution in [2.24, 2.45) is 7.05 Å². The summed E-state index contributed by atoms with van der Waals surface area (Å²) in [7, 11) is 1.77. The van der Waals surface area contributed by atoms with Crippen molar-refractivity contribution < 1.29 is 9.53 Å². The Morgan fingerprint density at radius 2 is 2.33 bits per heavy atom. The van der Waals surface area contributed by atoms with E-state index in [1.165, 1.54) is 0 Å². The van der Waals surface area contributed by atoms with Crippen LogP contribution in [-0.2, 0) is 11.8 Å². The first-order chi connectivity index (χ1) is 7.20. The van der Waals surface area contributed by atoms with E-state index in [1.807, 2.05) is 13.8 Å². The van der Waals surface area contributed by atoms with Gasteiger partial charge in [0.1, 0.15) is 11.8 Å². The molecule has 1 unspecified atom stereocenters. The van der Waals surface area contributed by atoms with Crippen LogP contribution >= 0.6 is 0 Å². The standard InChI is InChI=1S/C11H18N2O2/c1-4-6-10(15-5-2)11(14)9-7-8-12-13(9)3/h7-8,10H,4-6H2,1-3H3. The van der Waals surface area contributed by atoms with Crippen LogP contribution in [0, 0.1) is 0 Å². The molecule has 0 bridgehead atoms. The van der Waals surface area contributed by atoms with Crippen LogP contribution < -0.4 is 0 Å². The van der Waals surface area contributed by atoms with Gasteiger partial charge >= 0.3 is 0 Å². The van der Waals surface area contributed by atoms with Gasteiger partial charge in [0.25, 0.3) is 0 Å². The summed E-state index contributed by atoms with van der Waals surface area (Å²) in [6.07, 6.45) is 3.00. The van der Waals surface area contributed by atoms with E-state index < -0.39 is 0 Å². The third-order valence-corrected chi connectivity index (χ3v) is 2.28. The highest BCUT2D eigenvalue weighted by atomic mass is 16.5. The zero-order valence-corrected chi connectivity index (χ0v) is 9.56. The Morgan fingerprint density at radius 1 is 1.60 bits per heavy atom. The molecule has 1 rings (SSSR count). The second-order valence-corrected chi connectivity index (χ2v) is 3.44. The first-order valence-electron chi connectivity index (χ1n) is 5.34. The van der Waals surface area contributed by atoms with Crippen LogP contribution in [0.4, 0.5) is 0 Å². The van der Waals surface area contributed by atoms with E-state index in [0.717, 1.165) is 12.8 Å². The summed E-state index contributed by atoms with van der Waals surface area (Å²) in [5.74, 6) is 0.0266. The second-order valence-electron chi connectivity index (χ2n) is 3.44. The monoisotopic (exact) mass is 210 g/mol. The minimum Gasteiger partial charge on any atom is -0.370 e. The van der Waals surface area contributed by atoms with Gasteiger partial charge in [-0.05, 0) is 19.4 Å². The van der Waals surface area contributed by atoms with Crippen LogP contribution in [-0.4, -0.2) is 28.3 Å². The summed E-state index contributed by atoms with van der Waals surface area (Å²) in [4.78, 5) is 12.0. The van der Waals surface area contributed by atoms with E-state index in [0.29, 0.717) is 12.3 Å². The highest BCUT2D eigenvalue weighted by Crippen LogP contribution is 2.10. The van der Waals surface area contributed by atoms with Gasteiger partial charge in [-0.15, -0.1) is 0 Å². The molecule has 0 aliphatic rings. The lowest BCUT2D eigenvalue weighted by molar-refractivity contribution is 0.0415. The van der Waals surface area contributed by atoms with Crippen molar-refractivity contribution in [2.75, 3.05) is 6.61 Å². The van der Waals surface area contributed by atoms with Gasteiger partial charge in [0.05, 0.1) is 0 Å². The Hall–Kier alpha value is -1.16. The Morgan fingerprint density at radius 3 is 2.80 bits per heavy atom. The number of aryl methyl sites for hydroxylation is 1. The number of hydrogen-bond acceptors (Lipinski definition) is 3. The van der Waals surface area contributed by atoms with E-state index in [1.54, 1.807) is 24.0 Å². The quantitative estimate of drug-likeness (QED) is 0.672. The van der Waals surface area contributed by atoms with Crippen LogP contribution in [0.5, 0.6) is 0 Å². The first-order valence-corrected chi connectivity index (χ1v) is 5.34. The van der Waals surface area contributed by atoms with E-state index in [-0.39, 0.29) is 11.9 Å². The molecule has 84 valence electrons. The SMILES string of the molecule is CCCC(OCC)C(=O)c1ccnn1C. The molecule has 0 N–H and O–H groups in total. The number of rotatable bonds is 6. The average Bonchev–Trinajstić information content (AvgIpc) is 2.63. The summed E-state index contributed by atoms with van der Waals surface area (Å²) >= 11 is 0. The van der Waals surface area contributed by atoms with Gasteiger partial charge in [-0.25, -0.2) is 0 Å². The minimum atomic E-state index is -0.324. The van der Waals surface area contributed by atoms with Crippen LogP contribution in [0.2, 0.25) is 0 Å². The third-order valence-electron chi connectivity index (χ3n) is 2.28. The van der Waals surface area contributed by atoms with Crippen LogP contribution in [0.1, 0.15) is 37.2 Å². The number of hydrogen-bond donors (Lipinski definition) is 0. The highest BCUT2D eigenvalue weighted by Gasteiger charge is 2.21. The molecule has 1 heterocycles. The molecule has 0 aliphatic heterocycles. The lowest BCUT2D eigenvalue weighted by atomic mass is 10.1. The molecular weight excluding hydrogens is 192 g/mol. The van der Waals surface area contributed by atoms with Crippen molar-refractivity contribution >= 4 is 5.78 Å². The van der Waals surface area contributed by atoms with Crippen LogP contribution in [0.25, 0.3) is 0 Å². The molecule has 1 aromatic heterocycles. The van der Waals surface area contributed by atoms with Crippen molar-refractivity contribution in [1.29, 1.82) is 0 Å². The lowest BCUT2D eigenvalue weighted by Gasteiger charge is -2.14. The van der Waals surface area contributed by atoms with Gasteiger partial charge < -0.3 is 4.74 Å². The molecule has 15 heavy (non-hydrogen) atoms. The molecule has 1 atom stereocenters. The molecule has 0 radical (unpaired) electrons. The van der Waals surface area contributed by atoms with E-state index in [9.17, 15) is 4.79 Å². The normalized spacial score (nSPS) is 12.7. The van der Waals surface area contributed by atoms with Crippen molar-refractivity contribution in [3.05, 3.63) is 18.0 Å². The molecule has 0 amide bonds. The molecule has 0 aromatic carbocycles. The van der Waals surface area contributed by atoms with Gasteiger partial charge in [0, 0.05) is 19.9 Å². The van der Waals surface area contributed by atoms with Gasteiger partial charge in [-0.2, -0.15) is 5.10 Å². The van der Waals surface area contributed by atoms with Crippen molar-refractivity contribution in [3.8, 4) is 0 Å². The minimum absolute atomic E-state index is 0.0266. The fourth-order valence-electron chi connectivity index (χ4n) is 1.53. The predicted molar refractivity (Wildman–Crippen MR) is 57.9 cm³/mol. The first kappa shape index (κ1) is 11.9. The Bertz CT molecular complexity index is 314. The maximum atomic E-state index is 12.0. The van der Waals surface area contributed by atoms with Gasteiger partial charge in [-0.3, -0.25) is 9.48 Å². The van der Waals surface area contributed by atoms with Crippen LogP contribution in [0.15, 0.2) is 12.3 Å². The Balaban J connectivity index is 2.76. The maximum absolute atomic E-state index is 12.0. The molecule has 1 aromatic rings. The highest BCUT2D eigenvalue weighted by molar-refractivity contribution is 5.97. The fourth-order valence-corrected chi connectivity index (χ4v) is 1.53. The Kier molecular flexibility index (Phi) is 4.49. The molecule has 4 nitrogen and oxygen atoms in total. The summed E-state index contributed by atoms with van der Waals surface area (Å²) in [6.45, 7) is 4.51. The zero-order chi connectivity index (χ0) is 11.3. The predicted octanol–water partition coefficient (Wildman–Crippen LogP) is 1.81.